The molecule has 0 atom stereocenters. The van der Waals surface area contributed by atoms with Gasteiger partial charge in [-0.25, -0.2) is 4.79 Å². The molecule has 10 heteroatoms. The summed E-state index contributed by atoms with van der Waals surface area (Å²) in [5.74, 6) is -0.811. The number of nitrogens with one attached hydrogen (secondary N) is 3. The zero-order valence-electron chi connectivity index (χ0n) is 18.7. The van der Waals surface area contributed by atoms with E-state index in [0.717, 1.165) is 42.0 Å². The van der Waals surface area contributed by atoms with Crippen LogP contribution in [0.15, 0.2) is 41.4 Å². The van der Waals surface area contributed by atoms with Gasteiger partial charge in [-0.1, -0.05) is 36.2 Å². The Hall–Kier alpha value is -3.10. The zero-order valence-corrected chi connectivity index (χ0v) is 20.3. The molecule has 0 saturated heterocycles. The summed E-state index contributed by atoms with van der Waals surface area (Å²) in [4.78, 5) is 45.5. The van der Waals surface area contributed by atoms with Crippen LogP contribution in [0.4, 0.5) is 5.69 Å². The smallest absolute Gasteiger partial charge is 0.332 e. The number of amidine groups is 1. The van der Waals surface area contributed by atoms with Gasteiger partial charge in [0.2, 0.25) is 0 Å². The molecule has 2 aromatic rings. The van der Waals surface area contributed by atoms with Crippen LogP contribution in [-0.2, 0) is 27.3 Å². The van der Waals surface area contributed by atoms with Crippen molar-refractivity contribution in [3.63, 3.8) is 0 Å². The van der Waals surface area contributed by atoms with Crippen molar-refractivity contribution >= 4 is 52.5 Å². The first kappa shape index (κ1) is 25.5. The zero-order chi connectivity index (χ0) is 24.5. The van der Waals surface area contributed by atoms with Crippen molar-refractivity contribution in [2.24, 2.45) is 4.99 Å². The molecule has 0 aromatic heterocycles. The van der Waals surface area contributed by atoms with E-state index in [1.807, 2.05) is 13.0 Å². The number of rotatable bonds is 8. The molecule has 1 aliphatic heterocycles. The Labute approximate surface area is 208 Å². The molecule has 8 nitrogen and oxygen atoms in total. The molecule has 180 valence electrons. The van der Waals surface area contributed by atoms with E-state index in [-0.39, 0.29) is 13.0 Å². The summed E-state index contributed by atoms with van der Waals surface area (Å²) < 4.78 is 0. The normalized spacial score (nSPS) is 12.6. The molecular formula is C24H26Cl2N4O4. The first-order valence-electron chi connectivity index (χ1n) is 11.0. The molecule has 0 unspecified atom stereocenters. The highest BCUT2D eigenvalue weighted by atomic mass is 35.5. The number of carbonyl (C=O) groups excluding carboxylic acids is 3. The van der Waals surface area contributed by atoms with Gasteiger partial charge in [0.25, 0.3) is 11.8 Å². The molecule has 0 bridgehead atoms. The van der Waals surface area contributed by atoms with E-state index in [1.54, 1.807) is 30.3 Å². The number of benzene rings is 2. The Morgan fingerprint density at radius 3 is 2.71 bits per heavy atom. The number of hydrogen-bond donors (Lipinski definition) is 3. The third-order valence-electron chi connectivity index (χ3n) is 5.18. The van der Waals surface area contributed by atoms with E-state index >= 15 is 0 Å². The number of carbonyl (C=O) groups is 3. The maximum atomic E-state index is 12.4. The quantitative estimate of drug-likeness (QED) is 0.469. The van der Waals surface area contributed by atoms with Crippen LogP contribution in [0, 0.1) is 0 Å². The molecule has 1 aliphatic rings. The van der Waals surface area contributed by atoms with Crippen LogP contribution in [0.2, 0.25) is 10.0 Å². The van der Waals surface area contributed by atoms with Gasteiger partial charge in [-0.05, 0) is 60.7 Å². The first-order chi connectivity index (χ1) is 16.4. The Bertz CT molecular complexity index is 1100. The van der Waals surface area contributed by atoms with Crippen LogP contribution in [0.1, 0.15) is 47.7 Å². The minimum absolute atomic E-state index is 0.0292. The SMILES string of the molecule is CCc1c(Cl)cc(Cl)cc1CCC(=O)ONC(=O)CNC(=O)c1cccc(NC2=NCCC2)c1. The second-order valence-corrected chi connectivity index (χ2v) is 8.54. The van der Waals surface area contributed by atoms with Crippen LogP contribution >= 0.6 is 23.2 Å². The minimum atomic E-state index is -0.656. The predicted molar refractivity (Wildman–Crippen MR) is 132 cm³/mol. The van der Waals surface area contributed by atoms with Gasteiger partial charge in [-0.15, -0.1) is 0 Å². The Kier molecular flexibility index (Phi) is 9.30. The number of hydroxylamine groups is 1. The number of aliphatic imine (C=N–C) groups is 1. The lowest BCUT2D eigenvalue weighted by atomic mass is 10.0. The fourth-order valence-corrected chi connectivity index (χ4v) is 4.19. The lowest BCUT2D eigenvalue weighted by molar-refractivity contribution is -0.157. The van der Waals surface area contributed by atoms with Crippen LogP contribution in [0.25, 0.3) is 0 Å². The molecule has 2 aromatic carbocycles. The number of aryl methyl sites for hydroxylation is 1. The van der Waals surface area contributed by atoms with E-state index in [1.165, 1.54) is 0 Å². The molecule has 0 saturated carbocycles. The lowest BCUT2D eigenvalue weighted by Gasteiger charge is -2.11. The standard InChI is InChI=1S/C24H26Cl2N4O4/c1-2-19-15(11-17(25)13-20(19)26)8-9-23(32)34-30-22(31)14-28-24(33)16-5-3-6-18(12-16)29-21-7-4-10-27-21/h3,5-6,11-13H,2,4,7-10,14H2,1H3,(H,27,29)(H,28,33)(H,30,31). The second kappa shape index (κ2) is 12.4. The highest BCUT2D eigenvalue weighted by Crippen LogP contribution is 2.27. The van der Waals surface area contributed by atoms with Crippen molar-refractivity contribution in [1.82, 2.24) is 10.8 Å². The summed E-state index contributed by atoms with van der Waals surface area (Å²) in [7, 11) is 0. The van der Waals surface area contributed by atoms with Crippen molar-refractivity contribution in [3.05, 3.63) is 63.1 Å². The number of hydrogen-bond acceptors (Lipinski definition) is 6. The summed E-state index contributed by atoms with van der Waals surface area (Å²) in [6.45, 7) is 2.42. The highest BCUT2D eigenvalue weighted by molar-refractivity contribution is 6.35. The maximum Gasteiger partial charge on any atom is 0.332 e. The summed E-state index contributed by atoms with van der Waals surface area (Å²) >= 11 is 12.3. The van der Waals surface area contributed by atoms with Crippen molar-refractivity contribution in [2.75, 3.05) is 18.4 Å². The lowest BCUT2D eigenvalue weighted by Crippen LogP contribution is -2.38. The third kappa shape index (κ3) is 7.46. The average Bonchev–Trinajstić information content (AvgIpc) is 3.32. The number of nitrogens with zero attached hydrogens (tertiary/aromatic N) is 1. The number of anilines is 1. The summed E-state index contributed by atoms with van der Waals surface area (Å²) in [5, 5.41) is 6.73. The van der Waals surface area contributed by atoms with Gasteiger partial charge in [0.05, 0.1) is 13.0 Å². The van der Waals surface area contributed by atoms with Gasteiger partial charge in [0.1, 0.15) is 5.84 Å². The molecule has 0 radical (unpaired) electrons. The van der Waals surface area contributed by atoms with Crippen molar-refractivity contribution in [3.8, 4) is 0 Å². The van der Waals surface area contributed by atoms with Crippen LogP contribution in [-0.4, -0.2) is 36.7 Å². The largest absolute Gasteiger partial charge is 0.344 e. The Morgan fingerprint density at radius 1 is 1.15 bits per heavy atom. The Balaban J connectivity index is 1.41. The van der Waals surface area contributed by atoms with Gasteiger partial charge in [-0.2, -0.15) is 5.48 Å². The summed E-state index contributed by atoms with van der Waals surface area (Å²) in [6, 6.07) is 10.3. The molecule has 3 rings (SSSR count). The summed E-state index contributed by atoms with van der Waals surface area (Å²) in [5.41, 5.74) is 4.96. The van der Waals surface area contributed by atoms with Gasteiger partial charge in [0.15, 0.2) is 0 Å². The molecule has 0 fully saturated rings. The van der Waals surface area contributed by atoms with Crippen LogP contribution in [0.3, 0.4) is 0 Å². The van der Waals surface area contributed by atoms with Gasteiger partial charge >= 0.3 is 5.97 Å². The van der Waals surface area contributed by atoms with Crippen molar-refractivity contribution < 1.29 is 19.2 Å². The second-order valence-electron chi connectivity index (χ2n) is 7.70. The van der Waals surface area contributed by atoms with Crippen molar-refractivity contribution in [1.29, 1.82) is 0 Å². The molecule has 3 N–H and O–H groups in total. The van der Waals surface area contributed by atoms with E-state index < -0.39 is 17.8 Å². The Morgan fingerprint density at radius 2 is 1.97 bits per heavy atom. The molecule has 1 heterocycles. The first-order valence-corrected chi connectivity index (χ1v) is 11.7. The molecule has 0 aliphatic carbocycles. The summed E-state index contributed by atoms with van der Waals surface area (Å²) in [6.07, 6.45) is 2.98. The minimum Gasteiger partial charge on any atom is -0.344 e. The van der Waals surface area contributed by atoms with E-state index in [0.29, 0.717) is 28.5 Å². The maximum absolute atomic E-state index is 12.4. The third-order valence-corrected chi connectivity index (χ3v) is 5.74. The van der Waals surface area contributed by atoms with E-state index in [9.17, 15) is 14.4 Å². The van der Waals surface area contributed by atoms with Crippen LogP contribution in [0.5, 0.6) is 0 Å². The topological polar surface area (TPSA) is 109 Å². The number of amides is 2. The fourth-order valence-electron chi connectivity index (χ4n) is 3.52. The molecule has 0 spiro atoms. The number of halogens is 2. The van der Waals surface area contributed by atoms with Crippen LogP contribution < -0.4 is 16.1 Å². The molecule has 2 amide bonds. The van der Waals surface area contributed by atoms with Gasteiger partial charge in [0, 0.05) is 34.3 Å². The average molecular weight is 505 g/mol. The van der Waals surface area contributed by atoms with Gasteiger partial charge in [-0.3, -0.25) is 14.6 Å². The molecular weight excluding hydrogens is 479 g/mol. The highest BCUT2D eigenvalue weighted by Gasteiger charge is 2.14. The molecule has 34 heavy (non-hydrogen) atoms. The monoisotopic (exact) mass is 504 g/mol. The van der Waals surface area contributed by atoms with E-state index in [4.69, 9.17) is 28.0 Å². The van der Waals surface area contributed by atoms with Gasteiger partial charge < -0.3 is 15.5 Å². The fraction of sp³-hybridized carbons (Fsp3) is 0.333. The van der Waals surface area contributed by atoms with E-state index in [2.05, 4.69) is 21.1 Å². The predicted octanol–water partition coefficient (Wildman–Crippen LogP) is 4.10. The van der Waals surface area contributed by atoms with Crippen molar-refractivity contribution in [2.45, 2.75) is 39.0 Å².